The van der Waals surface area contributed by atoms with Gasteiger partial charge in [-0.3, -0.25) is 4.79 Å². The molecule has 0 bridgehead atoms. The van der Waals surface area contributed by atoms with Crippen molar-refractivity contribution in [1.29, 1.82) is 0 Å². The molecule has 0 saturated carbocycles. The van der Waals surface area contributed by atoms with Crippen molar-refractivity contribution < 1.29 is 14.6 Å². The molecule has 0 saturated heterocycles. The van der Waals surface area contributed by atoms with Crippen LogP contribution in [0.5, 0.6) is 5.75 Å². The Morgan fingerprint density at radius 2 is 1.90 bits per heavy atom. The largest absolute Gasteiger partial charge is 0.483 e. The van der Waals surface area contributed by atoms with Gasteiger partial charge in [0, 0.05) is 0 Å². The molecule has 0 aliphatic carbocycles. The second-order valence-electron chi connectivity index (χ2n) is 5.67. The number of hydrogen-bond donors (Lipinski definition) is 2. The van der Waals surface area contributed by atoms with Gasteiger partial charge in [-0.2, -0.15) is 0 Å². The number of para-hydroxylation sites is 1. The first-order valence-electron chi connectivity index (χ1n) is 7.61. The number of carbonyl (C=O) groups is 1. The normalized spacial score (nSPS) is 11.5. The van der Waals surface area contributed by atoms with Crippen LogP contribution in [-0.4, -0.2) is 29.8 Å². The summed E-state index contributed by atoms with van der Waals surface area (Å²) in [6, 6.07) is 7.75. The van der Waals surface area contributed by atoms with E-state index in [2.05, 4.69) is 19.2 Å². The molecular weight excluding hydrogens is 266 g/mol. The summed E-state index contributed by atoms with van der Waals surface area (Å²) in [6.45, 7) is 7.99. The van der Waals surface area contributed by atoms with E-state index in [-0.39, 0.29) is 19.1 Å². The number of aliphatic hydroxyl groups excluding tert-OH is 1. The van der Waals surface area contributed by atoms with E-state index in [4.69, 9.17) is 4.74 Å². The zero-order valence-electron chi connectivity index (χ0n) is 13.5. The van der Waals surface area contributed by atoms with Crippen LogP contribution in [0.2, 0.25) is 0 Å². The van der Waals surface area contributed by atoms with Gasteiger partial charge < -0.3 is 15.2 Å². The highest BCUT2D eigenvalue weighted by molar-refractivity contribution is 5.78. The van der Waals surface area contributed by atoms with Crippen LogP contribution in [0, 0.1) is 0 Å². The van der Waals surface area contributed by atoms with Gasteiger partial charge in [-0.25, -0.2) is 0 Å². The predicted molar refractivity (Wildman–Crippen MR) is 84.6 cm³/mol. The van der Waals surface area contributed by atoms with Gasteiger partial charge in [0.2, 0.25) is 0 Å². The standard InChI is InChI=1S/C17H27NO3/c1-5-17(6-2,12-19)18-16(20)11-21-15-10-8-7-9-14(15)13(3)4/h7-10,13,19H,5-6,11-12H2,1-4H3,(H,18,20). The summed E-state index contributed by atoms with van der Waals surface area (Å²) in [4.78, 5) is 12.0. The van der Waals surface area contributed by atoms with E-state index in [9.17, 15) is 9.90 Å². The summed E-state index contributed by atoms with van der Waals surface area (Å²) < 4.78 is 5.65. The molecule has 2 N–H and O–H groups in total. The molecule has 4 heteroatoms. The molecular formula is C17H27NO3. The van der Waals surface area contributed by atoms with Crippen LogP contribution in [0.4, 0.5) is 0 Å². The minimum Gasteiger partial charge on any atom is -0.483 e. The molecule has 0 spiro atoms. The van der Waals surface area contributed by atoms with Gasteiger partial charge in [-0.1, -0.05) is 45.9 Å². The first-order valence-corrected chi connectivity index (χ1v) is 7.61. The van der Waals surface area contributed by atoms with E-state index in [1.165, 1.54) is 0 Å². The maximum absolute atomic E-state index is 12.0. The fourth-order valence-corrected chi connectivity index (χ4v) is 2.25. The molecule has 0 atom stereocenters. The SMILES string of the molecule is CCC(CC)(CO)NC(=O)COc1ccccc1C(C)C. The predicted octanol–water partition coefficient (Wildman–Crippen LogP) is 2.86. The second kappa shape index (κ2) is 8.03. The lowest BCUT2D eigenvalue weighted by molar-refractivity contribution is -0.125. The lowest BCUT2D eigenvalue weighted by Crippen LogP contribution is -2.51. The van der Waals surface area contributed by atoms with Crippen molar-refractivity contribution in [3.05, 3.63) is 29.8 Å². The number of carbonyl (C=O) groups excluding carboxylic acids is 1. The number of amides is 1. The zero-order valence-corrected chi connectivity index (χ0v) is 13.5. The van der Waals surface area contributed by atoms with Gasteiger partial charge in [-0.15, -0.1) is 0 Å². The van der Waals surface area contributed by atoms with Gasteiger partial charge >= 0.3 is 0 Å². The fourth-order valence-electron chi connectivity index (χ4n) is 2.25. The Morgan fingerprint density at radius 1 is 1.29 bits per heavy atom. The van der Waals surface area contributed by atoms with Gasteiger partial charge in [0.25, 0.3) is 5.91 Å². The molecule has 1 aromatic rings. The maximum Gasteiger partial charge on any atom is 0.258 e. The number of benzene rings is 1. The lowest BCUT2D eigenvalue weighted by atomic mass is 9.94. The van der Waals surface area contributed by atoms with Gasteiger partial charge in [0.1, 0.15) is 5.75 Å². The van der Waals surface area contributed by atoms with Crippen molar-refractivity contribution in [2.75, 3.05) is 13.2 Å². The Labute approximate surface area is 127 Å². The van der Waals surface area contributed by atoms with Gasteiger partial charge in [0.15, 0.2) is 6.61 Å². The zero-order chi connectivity index (χ0) is 15.9. The monoisotopic (exact) mass is 293 g/mol. The molecule has 0 aliphatic heterocycles. The Kier molecular flexibility index (Phi) is 6.69. The number of nitrogens with one attached hydrogen (secondary N) is 1. The molecule has 118 valence electrons. The van der Waals surface area contributed by atoms with Crippen LogP contribution in [0.3, 0.4) is 0 Å². The summed E-state index contributed by atoms with van der Waals surface area (Å²) >= 11 is 0. The minimum absolute atomic E-state index is 0.0362. The average molecular weight is 293 g/mol. The molecule has 1 amide bonds. The van der Waals surface area contributed by atoms with Gasteiger partial charge in [-0.05, 0) is 30.4 Å². The molecule has 1 rings (SSSR count). The molecule has 0 fully saturated rings. The van der Waals surface area contributed by atoms with Crippen LogP contribution in [-0.2, 0) is 4.79 Å². The Morgan fingerprint density at radius 3 is 2.43 bits per heavy atom. The second-order valence-corrected chi connectivity index (χ2v) is 5.67. The van der Waals surface area contributed by atoms with Crippen LogP contribution < -0.4 is 10.1 Å². The van der Waals surface area contributed by atoms with Crippen molar-refractivity contribution in [1.82, 2.24) is 5.32 Å². The van der Waals surface area contributed by atoms with Crippen molar-refractivity contribution in [2.45, 2.75) is 52.0 Å². The van der Waals surface area contributed by atoms with E-state index < -0.39 is 5.54 Å². The van der Waals surface area contributed by atoms with Crippen molar-refractivity contribution >= 4 is 5.91 Å². The number of hydrogen-bond acceptors (Lipinski definition) is 3. The first-order chi connectivity index (χ1) is 9.98. The third-order valence-electron chi connectivity index (χ3n) is 3.96. The van der Waals surface area contributed by atoms with E-state index in [0.717, 1.165) is 11.3 Å². The lowest BCUT2D eigenvalue weighted by Gasteiger charge is -2.30. The summed E-state index contributed by atoms with van der Waals surface area (Å²) in [6.07, 6.45) is 1.38. The molecule has 0 unspecified atom stereocenters. The molecule has 0 heterocycles. The quantitative estimate of drug-likeness (QED) is 0.775. The Bertz CT molecular complexity index is 445. The fraction of sp³-hybridized carbons (Fsp3) is 0.588. The Hall–Kier alpha value is -1.55. The molecule has 0 radical (unpaired) electrons. The number of ether oxygens (including phenoxy) is 1. The van der Waals surface area contributed by atoms with Crippen LogP contribution in [0.15, 0.2) is 24.3 Å². The van der Waals surface area contributed by atoms with Crippen LogP contribution >= 0.6 is 0 Å². The minimum atomic E-state index is -0.544. The summed E-state index contributed by atoms with van der Waals surface area (Å²) in [5, 5.41) is 12.4. The third-order valence-corrected chi connectivity index (χ3v) is 3.96. The summed E-state index contributed by atoms with van der Waals surface area (Å²) in [7, 11) is 0. The smallest absolute Gasteiger partial charge is 0.258 e. The molecule has 4 nitrogen and oxygen atoms in total. The maximum atomic E-state index is 12.0. The molecule has 1 aromatic carbocycles. The topological polar surface area (TPSA) is 58.6 Å². The van der Waals surface area contributed by atoms with Crippen LogP contribution in [0.25, 0.3) is 0 Å². The highest BCUT2D eigenvalue weighted by Crippen LogP contribution is 2.25. The summed E-state index contributed by atoms with van der Waals surface area (Å²) in [5.74, 6) is 0.878. The molecule has 21 heavy (non-hydrogen) atoms. The average Bonchev–Trinajstić information content (AvgIpc) is 2.51. The van der Waals surface area contributed by atoms with Crippen molar-refractivity contribution in [2.24, 2.45) is 0 Å². The number of rotatable bonds is 8. The third kappa shape index (κ3) is 4.74. The van der Waals surface area contributed by atoms with Crippen molar-refractivity contribution in [3.8, 4) is 5.75 Å². The van der Waals surface area contributed by atoms with Gasteiger partial charge in [0.05, 0.1) is 12.1 Å². The highest BCUT2D eigenvalue weighted by atomic mass is 16.5. The van der Waals surface area contributed by atoms with Crippen LogP contribution in [0.1, 0.15) is 52.0 Å². The van der Waals surface area contributed by atoms with E-state index in [0.29, 0.717) is 18.8 Å². The molecule has 0 aliphatic rings. The van der Waals surface area contributed by atoms with Crippen molar-refractivity contribution in [3.63, 3.8) is 0 Å². The van der Waals surface area contributed by atoms with E-state index in [1.54, 1.807) is 0 Å². The highest BCUT2D eigenvalue weighted by Gasteiger charge is 2.27. The molecule has 0 aromatic heterocycles. The Balaban J connectivity index is 2.65. The first kappa shape index (κ1) is 17.5. The van der Waals surface area contributed by atoms with E-state index in [1.807, 2.05) is 38.1 Å². The summed E-state index contributed by atoms with van der Waals surface area (Å²) in [5.41, 5.74) is 0.544. The number of aliphatic hydroxyl groups is 1. The van der Waals surface area contributed by atoms with E-state index >= 15 is 0 Å².